The summed E-state index contributed by atoms with van der Waals surface area (Å²) < 4.78 is 26.8. The summed E-state index contributed by atoms with van der Waals surface area (Å²) in [7, 11) is -3.55. The van der Waals surface area contributed by atoms with Crippen molar-refractivity contribution in [2.24, 2.45) is 5.92 Å². The number of nitrogens with one attached hydrogen (secondary N) is 2. The third kappa shape index (κ3) is 4.13. The molecule has 1 amide bonds. The van der Waals surface area contributed by atoms with Gasteiger partial charge in [0.1, 0.15) is 0 Å². The number of amides is 1. The van der Waals surface area contributed by atoms with Crippen molar-refractivity contribution >= 4 is 27.3 Å². The number of piperidine rings is 1. The van der Waals surface area contributed by atoms with Crippen molar-refractivity contribution in [2.45, 2.75) is 44.2 Å². The molecule has 1 atom stereocenters. The summed E-state index contributed by atoms with van der Waals surface area (Å²) in [6.07, 6.45) is 4.39. The summed E-state index contributed by atoms with van der Waals surface area (Å²) in [6, 6.07) is 0. The van der Waals surface area contributed by atoms with Crippen LogP contribution in [0, 0.1) is 5.92 Å². The monoisotopic (exact) mass is 397 g/mol. The lowest BCUT2D eigenvalue weighted by molar-refractivity contribution is -0.124. The van der Waals surface area contributed by atoms with E-state index in [9.17, 15) is 13.2 Å². The van der Waals surface area contributed by atoms with Gasteiger partial charge in [-0.2, -0.15) is 4.31 Å². The minimum atomic E-state index is -3.55. The van der Waals surface area contributed by atoms with Crippen molar-refractivity contribution in [3.05, 3.63) is 28.6 Å². The number of carbonyl (C=O) groups is 1. The number of imidazole rings is 1. The van der Waals surface area contributed by atoms with E-state index >= 15 is 0 Å². The lowest BCUT2D eigenvalue weighted by Gasteiger charge is -2.30. The number of thiazole rings is 1. The number of aromatic nitrogens is 3. The Bertz CT molecular complexity index is 845. The number of hydrogen-bond acceptors (Lipinski definition) is 6. The van der Waals surface area contributed by atoms with Gasteiger partial charge in [-0.15, -0.1) is 11.3 Å². The van der Waals surface area contributed by atoms with Crippen molar-refractivity contribution in [1.29, 1.82) is 0 Å². The molecule has 0 spiro atoms. The Morgan fingerprint density at radius 1 is 1.50 bits per heavy atom. The van der Waals surface area contributed by atoms with Crippen LogP contribution >= 0.6 is 11.3 Å². The summed E-state index contributed by atoms with van der Waals surface area (Å²) in [5.74, 6) is 0.00253. The normalized spacial score (nSPS) is 19.0. The molecule has 142 valence electrons. The van der Waals surface area contributed by atoms with Crippen LogP contribution < -0.4 is 5.32 Å². The van der Waals surface area contributed by atoms with E-state index in [0.717, 1.165) is 23.5 Å². The molecule has 26 heavy (non-hydrogen) atoms. The van der Waals surface area contributed by atoms with Crippen molar-refractivity contribution in [2.75, 3.05) is 13.1 Å². The first-order valence-corrected chi connectivity index (χ1v) is 10.9. The molecule has 1 unspecified atom stereocenters. The maximum Gasteiger partial charge on any atom is 0.260 e. The van der Waals surface area contributed by atoms with Crippen LogP contribution in [0.3, 0.4) is 0 Å². The minimum Gasteiger partial charge on any atom is -0.350 e. The SMILES string of the molecule is CC(C)C(=O)NCc1csc(C2CCCN(S(=O)(=O)c3cnc[nH]3)C2)n1. The van der Waals surface area contributed by atoms with E-state index in [1.165, 1.54) is 28.2 Å². The maximum absolute atomic E-state index is 12.7. The van der Waals surface area contributed by atoms with Crippen molar-refractivity contribution in [3.63, 3.8) is 0 Å². The van der Waals surface area contributed by atoms with Crippen LogP contribution in [0.5, 0.6) is 0 Å². The molecule has 2 aromatic rings. The highest BCUT2D eigenvalue weighted by Gasteiger charge is 2.32. The molecule has 0 radical (unpaired) electrons. The van der Waals surface area contributed by atoms with E-state index < -0.39 is 10.0 Å². The summed E-state index contributed by atoms with van der Waals surface area (Å²) in [5.41, 5.74) is 0.813. The van der Waals surface area contributed by atoms with Gasteiger partial charge in [0.25, 0.3) is 10.0 Å². The van der Waals surface area contributed by atoms with E-state index in [1.807, 2.05) is 19.2 Å². The molecule has 1 fully saturated rings. The molecular formula is C16H23N5O3S2. The molecule has 0 bridgehead atoms. The van der Waals surface area contributed by atoms with Crippen molar-refractivity contribution in [3.8, 4) is 0 Å². The highest BCUT2D eigenvalue weighted by atomic mass is 32.2. The highest BCUT2D eigenvalue weighted by molar-refractivity contribution is 7.89. The number of nitrogens with zero attached hydrogens (tertiary/aromatic N) is 3. The molecule has 1 aliphatic rings. The van der Waals surface area contributed by atoms with E-state index in [4.69, 9.17) is 0 Å². The molecule has 0 saturated carbocycles. The van der Waals surface area contributed by atoms with Crippen molar-refractivity contribution < 1.29 is 13.2 Å². The van der Waals surface area contributed by atoms with Gasteiger partial charge in [-0.1, -0.05) is 13.8 Å². The first-order chi connectivity index (χ1) is 12.4. The second kappa shape index (κ2) is 7.85. The highest BCUT2D eigenvalue weighted by Crippen LogP contribution is 2.31. The molecule has 0 aromatic carbocycles. The minimum absolute atomic E-state index is 0.00552. The summed E-state index contributed by atoms with van der Waals surface area (Å²) in [6.45, 7) is 5.00. The van der Waals surface area contributed by atoms with Crippen LogP contribution in [0.1, 0.15) is 43.3 Å². The zero-order valence-electron chi connectivity index (χ0n) is 14.8. The molecule has 2 N–H and O–H groups in total. The number of aromatic amines is 1. The molecule has 3 rings (SSSR count). The first kappa shape index (κ1) is 19.0. The quantitative estimate of drug-likeness (QED) is 0.771. The topological polar surface area (TPSA) is 108 Å². The number of rotatable bonds is 6. The van der Waals surface area contributed by atoms with Crippen LogP contribution in [0.4, 0.5) is 0 Å². The molecule has 2 aromatic heterocycles. The zero-order valence-corrected chi connectivity index (χ0v) is 16.4. The Hall–Kier alpha value is -1.78. The predicted octanol–water partition coefficient (Wildman–Crippen LogP) is 1.71. The lowest BCUT2D eigenvalue weighted by Crippen LogP contribution is -2.39. The Morgan fingerprint density at radius 3 is 3.00 bits per heavy atom. The zero-order chi connectivity index (χ0) is 18.7. The smallest absolute Gasteiger partial charge is 0.260 e. The summed E-state index contributed by atoms with van der Waals surface area (Å²) in [5, 5.41) is 5.82. The molecule has 10 heteroatoms. The average Bonchev–Trinajstić information content (AvgIpc) is 3.31. The first-order valence-electron chi connectivity index (χ1n) is 8.58. The van der Waals surface area contributed by atoms with Crippen LogP contribution in [-0.2, 0) is 21.4 Å². The fourth-order valence-corrected chi connectivity index (χ4v) is 5.23. The molecule has 8 nitrogen and oxygen atoms in total. The number of sulfonamides is 1. The fraction of sp³-hybridized carbons (Fsp3) is 0.562. The number of hydrogen-bond donors (Lipinski definition) is 2. The van der Waals surface area contributed by atoms with Crippen LogP contribution in [0.15, 0.2) is 22.9 Å². The molecule has 1 saturated heterocycles. The van der Waals surface area contributed by atoms with Crippen LogP contribution in [0.25, 0.3) is 0 Å². The van der Waals surface area contributed by atoms with Gasteiger partial charge in [-0.3, -0.25) is 4.79 Å². The van der Waals surface area contributed by atoms with Gasteiger partial charge in [-0.25, -0.2) is 18.4 Å². The second-order valence-corrected chi connectivity index (χ2v) is 9.46. The maximum atomic E-state index is 12.7. The standard InChI is InChI=1S/C16H23N5O3S2/c1-11(2)15(22)18-6-13-9-25-16(20-13)12-4-3-5-21(8-12)26(23,24)14-7-17-10-19-14/h7,9-12H,3-6,8H2,1-2H3,(H,17,19)(H,18,22). The Kier molecular flexibility index (Phi) is 5.73. The van der Waals surface area contributed by atoms with Gasteiger partial charge < -0.3 is 10.3 Å². The third-order valence-corrected chi connectivity index (χ3v) is 7.21. The van der Waals surface area contributed by atoms with Gasteiger partial charge in [0.15, 0.2) is 5.03 Å². The fourth-order valence-electron chi connectivity index (χ4n) is 2.86. The summed E-state index contributed by atoms with van der Waals surface area (Å²) >= 11 is 1.52. The van der Waals surface area contributed by atoms with Crippen molar-refractivity contribution in [1.82, 2.24) is 24.6 Å². The average molecular weight is 398 g/mol. The van der Waals surface area contributed by atoms with E-state index in [2.05, 4.69) is 20.3 Å². The second-order valence-electron chi connectivity index (χ2n) is 6.67. The Labute approximate surface area is 157 Å². The molecular weight excluding hydrogens is 374 g/mol. The van der Waals surface area contributed by atoms with Gasteiger partial charge in [0.05, 0.1) is 29.8 Å². The summed E-state index contributed by atoms with van der Waals surface area (Å²) in [4.78, 5) is 22.8. The van der Waals surface area contributed by atoms with E-state index in [1.54, 1.807) is 0 Å². The van der Waals surface area contributed by atoms with Gasteiger partial charge in [-0.05, 0) is 12.8 Å². The third-order valence-electron chi connectivity index (χ3n) is 4.36. The van der Waals surface area contributed by atoms with Gasteiger partial charge in [0, 0.05) is 30.3 Å². The van der Waals surface area contributed by atoms with Gasteiger partial charge >= 0.3 is 0 Å². The van der Waals surface area contributed by atoms with Crippen LogP contribution in [-0.4, -0.2) is 46.7 Å². The molecule has 3 heterocycles. The molecule has 0 aliphatic carbocycles. The Morgan fingerprint density at radius 2 is 2.31 bits per heavy atom. The van der Waals surface area contributed by atoms with Crippen LogP contribution in [0.2, 0.25) is 0 Å². The molecule has 1 aliphatic heterocycles. The lowest BCUT2D eigenvalue weighted by atomic mass is 10.0. The number of H-pyrrole nitrogens is 1. The van der Waals surface area contributed by atoms with E-state index in [0.29, 0.717) is 19.6 Å². The Balaban J connectivity index is 1.66. The van der Waals surface area contributed by atoms with E-state index in [-0.39, 0.29) is 22.8 Å². The predicted molar refractivity (Wildman–Crippen MR) is 98.1 cm³/mol. The van der Waals surface area contributed by atoms with Gasteiger partial charge in [0.2, 0.25) is 5.91 Å². The number of carbonyl (C=O) groups excluding carboxylic acids is 1. The largest absolute Gasteiger partial charge is 0.350 e.